The van der Waals surface area contributed by atoms with E-state index in [2.05, 4.69) is 55.1 Å². The van der Waals surface area contributed by atoms with E-state index in [9.17, 15) is 9.18 Å². The van der Waals surface area contributed by atoms with Crippen LogP contribution in [0.4, 0.5) is 4.39 Å². The Balaban J connectivity index is 2.02. The van der Waals surface area contributed by atoms with Gasteiger partial charge in [-0.2, -0.15) is 0 Å². The zero-order chi connectivity index (χ0) is 24.2. The fourth-order valence-electron chi connectivity index (χ4n) is 4.10. The molecule has 0 spiro atoms. The van der Waals surface area contributed by atoms with E-state index in [1.54, 1.807) is 12.1 Å². The smallest absolute Gasteiger partial charge is 0.320 e. The van der Waals surface area contributed by atoms with E-state index in [1.807, 2.05) is 25.1 Å². The van der Waals surface area contributed by atoms with Gasteiger partial charge in [0.25, 0.3) is 0 Å². The first kappa shape index (κ1) is 24.7. The number of nitrogens with one attached hydrogen (secondary N) is 1. The minimum atomic E-state index is -1.000. The molecule has 0 radical (unpaired) electrons. The van der Waals surface area contributed by atoms with Gasteiger partial charge in [0.15, 0.2) is 0 Å². The highest BCUT2D eigenvalue weighted by Gasteiger charge is 2.29. The number of benzene rings is 2. The first-order valence-corrected chi connectivity index (χ1v) is 11.3. The first-order chi connectivity index (χ1) is 15.6. The molecule has 4 N–H and O–H groups in total. The lowest BCUT2D eigenvalue weighted by Crippen LogP contribution is -2.38. The number of aryl methyl sites for hydroxylation is 1. The number of hydrogen-bond donors (Lipinski definition) is 3. The molecule has 1 aromatic heterocycles. The number of halogens is 1. The SMILES string of the molecule is Cc1ccc(F)cc1-c1cc([C@H](NCC[C@H](N)C(=O)O)C(C)(C)C)n(Cc2ccccc2)c1. The van der Waals surface area contributed by atoms with Crippen LogP contribution >= 0.6 is 0 Å². The van der Waals surface area contributed by atoms with E-state index in [0.29, 0.717) is 19.5 Å². The van der Waals surface area contributed by atoms with Crippen LogP contribution in [0.1, 0.15) is 50.1 Å². The first-order valence-electron chi connectivity index (χ1n) is 11.3. The molecule has 0 saturated heterocycles. The Kier molecular flexibility index (Phi) is 7.72. The van der Waals surface area contributed by atoms with Gasteiger partial charge >= 0.3 is 5.97 Å². The molecule has 0 unspecified atom stereocenters. The van der Waals surface area contributed by atoms with Gasteiger partial charge in [0.05, 0.1) is 6.04 Å². The number of aliphatic carboxylic acids is 1. The van der Waals surface area contributed by atoms with Crippen LogP contribution in [-0.4, -0.2) is 28.2 Å². The number of hydrogen-bond acceptors (Lipinski definition) is 3. The third kappa shape index (κ3) is 6.30. The average molecular weight is 452 g/mol. The molecule has 5 nitrogen and oxygen atoms in total. The van der Waals surface area contributed by atoms with Crippen LogP contribution in [-0.2, 0) is 11.3 Å². The Morgan fingerprint density at radius 3 is 2.48 bits per heavy atom. The van der Waals surface area contributed by atoms with Crippen molar-refractivity contribution in [2.45, 2.75) is 52.7 Å². The summed E-state index contributed by atoms with van der Waals surface area (Å²) in [6, 6.07) is 16.2. The second kappa shape index (κ2) is 10.3. The molecule has 2 atom stereocenters. The van der Waals surface area contributed by atoms with Gasteiger partial charge in [-0.15, -0.1) is 0 Å². The zero-order valence-corrected chi connectivity index (χ0v) is 19.8. The highest BCUT2D eigenvalue weighted by Crippen LogP contribution is 2.37. The van der Waals surface area contributed by atoms with E-state index in [-0.39, 0.29) is 17.3 Å². The molecule has 0 saturated carbocycles. The highest BCUT2D eigenvalue weighted by molar-refractivity contribution is 5.73. The predicted octanol–water partition coefficient (Wildman–Crippen LogP) is 5.13. The molecular weight excluding hydrogens is 417 g/mol. The zero-order valence-electron chi connectivity index (χ0n) is 19.8. The molecule has 6 heteroatoms. The van der Waals surface area contributed by atoms with Crippen molar-refractivity contribution in [1.29, 1.82) is 0 Å². The quantitative estimate of drug-likeness (QED) is 0.421. The summed E-state index contributed by atoms with van der Waals surface area (Å²) in [5, 5.41) is 12.7. The van der Waals surface area contributed by atoms with Crippen molar-refractivity contribution in [3.8, 4) is 11.1 Å². The summed E-state index contributed by atoms with van der Waals surface area (Å²) in [6.07, 6.45) is 2.41. The molecule has 3 aromatic rings. The second-order valence-electron chi connectivity index (χ2n) is 9.71. The lowest BCUT2D eigenvalue weighted by atomic mass is 9.84. The molecule has 0 amide bonds. The molecule has 176 valence electrons. The Labute approximate surface area is 195 Å². The molecule has 0 aliphatic heterocycles. The molecule has 0 aliphatic carbocycles. The van der Waals surface area contributed by atoms with Crippen LogP contribution in [0.25, 0.3) is 11.1 Å². The molecule has 0 aliphatic rings. The molecule has 3 rings (SSSR count). The number of carbonyl (C=O) groups is 1. The number of nitrogens with zero attached hydrogens (tertiary/aromatic N) is 1. The highest BCUT2D eigenvalue weighted by atomic mass is 19.1. The third-order valence-corrected chi connectivity index (χ3v) is 5.92. The van der Waals surface area contributed by atoms with Crippen molar-refractivity contribution in [3.63, 3.8) is 0 Å². The van der Waals surface area contributed by atoms with Crippen molar-refractivity contribution in [2.75, 3.05) is 6.54 Å². The number of carboxylic acid groups (broad SMARTS) is 1. The molecule has 2 aromatic carbocycles. The van der Waals surface area contributed by atoms with Gasteiger partial charge in [-0.1, -0.05) is 57.2 Å². The van der Waals surface area contributed by atoms with Crippen molar-refractivity contribution in [3.05, 3.63) is 83.4 Å². The summed E-state index contributed by atoms with van der Waals surface area (Å²) in [6.45, 7) is 9.57. The summed E-state index contributed by atoms with van der Waals surface area (Å²) < 4.78 is 16.3. The molecule has 0 fully saturated rings. The number of nitrogens with two attached hydrogens (primary N) is 1. The summed E-state index contributed by atoms with van der Waals surface area (Å²) in [7, 11) is 0. The Hall–Kier alpha value is -2.96. The Bertz CT molecular complexity index is 1090. The molecule has 1 heterocycles. The van der Waals surface area contributed by atoms with Crippen LogP contribution in [0, 0.1) is 18.2 Å². The van der Waals surface area contributed by atoms with E-state index in [0.717, 1.165) is 27.9 Å². The van der Waals surface area contributed by atoms with Gasteiger partial charge in [-0.3, -0.25) is 4.79 Å². The maximum Gasteiger partial charge on any atom is 0.320 e. The van der Waals surface area contributed by atoms with Crippen LogP contribution in [0.3, 0.4) is 0 Å². The lowest BCUT2D eigenvalue weighted by Gasteiger charge is -2.33. The van der Waals surface area contributed by atoms with Crippen molar-refractivity contribution in [1.82, 2.24) is 9.88 Å². The fraction of sp³-hybridized carbons (Fsp3) is 0.370. The van der Waals surface area contributed by atoms with E-state index in [4.69, 9.17) is 10.8 Å². The normalized spacial score (nSPS) is 13.6. The number of rotatable bonds is 9. The summed E-state index contributed by atoms with van der Waals surface area (Å²) in [4.78, 5) is 11.1. The summed E-state index contributed by atoms with van der Waals surface area (Å²) in [5.41, 5.74) is 10.6. The van der Waals surface area contributed by atoms with Gasteiger partial charge in [-0.05, 0) is 60.2 Å². The minimum absolute atomic E-state index is 0.0650. The van der Waals surface area contributed by atoms with Crippen molar-refractivity contribution < 1.29 is 14.3 Å². The predicted molar refractivity (Wildman–Crippen MR) is 131 cm³/mol. The largest absolute Gasteiger partial charge is 0.480 e. The maximum absolute atomic E-state index is 14.1. The molecule has 33 heavy (non-hydrogen) atoms. The van der Waals surface area contributed by atoms with Gasteiger partial charge < -0.3 is 20.7 Å². The molecular formula is C27H34FN3O2. The third-order valence-electron chi connectivity index (χ3n) is 5.92. The van der Waals surface area contributed by atoms with Gasteiger partial charge in [0, 0.05) is 24.0 Å². The van der Waals surface area contributed by atoms with E-state index >= 15 is 0 Å². The Morgan fingerprint density at radius 1 is 1.15 bits per heavy atom. The monoisotopic (exact) mass is 451 g/mol. The average Bonchev–Trinajstić information content (AvgIpc) is 3.15. The summed E-state index contributed by atoms with van der Waals surface area (Å²) in [5.74, 6) is -1.26. The summed E-state index contributed by atoms with van der Waals surface area (Å²) >= 11 is 0. The topological polar surface area (TPSA) is 80.3 Å². The van der Waals surface area contributed by atoms with Crippen LogP contribution in [0.2, 0.25) is 0 Å². The van der Waals surface area contributed by atoms with Crippen LogP contribution in [0.15, 0.2) is 60.8 Å². The molecule has 0 bridgehead atoms. The fourth-order valence-corrected chi connectivity index (χ4v) is 4.10. The minimum Gasteiger partial charge on any atom is -0.480 e. The number of carboxylic acids is 1. The maximum atomic E-state index is 14.1. The van der Waals surface area contributed by atoms with Gasteiger partial charge in [-0.25, -0.2) is 4.39 Å². The van der Waals surface area contributed by atoms with Gasteiger partial charge in [0.2, 0.25) is 0 Å². The van der Waals surface area contributed by atoms with Gasteiger partial charge in [0.1, 0.15) is 11.9 Å². The van der Waals surface area contributed by atoms with Crippen molar-refractivity contribution in [2.24, 2.45) is 11.1 Å². The van der Waals surface area contributed by atoms with E-state index < -0.39 is 12.0 Å². The van der Waals surface area contributed by atoms with Crippen LogP contribution in [0.5, 0.6) is 0 Å². The standard InChI is InChI=1S/C27H34FN3O2/c1-18-10-11-21(28)15-22(18)20-14-24(31(17-20)16-19-8-6-5-7-9-19)25(27(2,3)4)30-13-12-23(29)26(32)33/h5-11,14-15,17,23,25,30H,12-13,16,29H2,1-4H3,(H,32,33)/t23-,25-/m0/s1. The number of aromatic nitrogens is 1. The lowest BCUT2D eigenvalue weighted by molar-refractivity contribution is -0.138. The second-order valence-corrected chi connectivity index (χ2v) is 9.71. The Morgan fingerprint density at radius 2 is 1.85 bits per heavy atom. The van der Waals surface area contributed by atoms with Crippen molar-refractivity contribution >= 4 is 5.97 Å². The van der Waals surface area contributed by atoms with E-state index in [1.165, 1.54) is 6.07 Å². The van der Waals surface area contributed by atoms with Crippen LogP contribution < -0.4 is 11.1 Å².